The zero-order chi connectivity index (χ0) is 18.0. The van der Waals surface area contributed by atoms with Crippen molar-refractivity contribution in [2.45, 2.75) is 45.4 Å². The molecule has 3 atom stereocenters. The maximum Gasteiger partial charge on any atom is 0.411 e. The van der Waals surface area contributed by atoms with E-state index in [1.54, 1.807) is 17.3 Å². The fourth-order valence-corrected chi connectivity index (χ4v) is 3.48. The summed E-state index contributed by atoms with van der Waals surface area (Å²) in [4.78, 5) is 31.0. The number of fused-ring (bicyclic) bond motifs is 1. The van der Waals surface area contributed by atoms with Crippen LogP contribution in [0.25, 0.3) is 0 Å². The number of rotatable bonds is 3. The Kier molecular flexibility index (Phi) is 4.79. The van der Waals surface area contributed by atoms with Crippen molar-refractivity contribution in [2.24, 2.45) is 11.8 Å². The highest BCUT2D eigenvalue weighted by Gasteiger charge is 2.48. The van der Waals surface area contributed by atoms with Gasteiger partial charge in [0.2, 0.25) is 5.91 Å². The minimum Gasteiger partial charge on any atom is -0.444 e. The van der Waals surface area contributed by atoms with E-state index in [1.807, 2.05) is 32.9 Å². The molecule has 1 aliphatic carbocycles. The first-order valence-electron chi connectivity index (χ1n) is 8.68. The maximum atomic E-state index is 12.8. The number of likely N-dealkylation sites (tertiary alicyclic amines) is 1. The second-order valence-electron chi connectivity index (χ2n) is 7.66. The van der Waals surface area contributed by atoms with Crippen LogP contribution in [0.1, 0.15) is 32.8 Å². The molecular formula is C19H25N3O3. The summed E-state index contributed by atoms with van der Waals surface area (Å²) in [7, 11) is 0. The normalized spacial score (nSPS) is 24.9. The topological polar surface area (TPSA) is 71.5 Å². The molecule has 0 aromatic carbocycles. The zero-order valence-corrected chi connectivity index (χ0v) is 14.9. The Bertz CT molecular complexity index is 666. The average molecular weight is 343 g/mol. The molecule has 2 amide bonds. The minimum absolute atomic E-state index is 0.0569. The SMILES string of the molecule is CC(C)(C)OC(=O)N1CC2CC=CC2[C@H]1C(=O)NCc1cccnc1. The van der Waals surface area contributed by atoms with E-state index in [0.29, 0.717) is 19.0 Å². The largest absolute Gasteiger partial charge is 0.444 e. The van der Waals surface area contributed by atoms with Crippen molar-refractivity contribution in [1.82, 2.24) is 15.2 Å². The Morgan fingerprint density at radius 3 is 2.88 bits per heavy atom. The van der Waals surface area contributed by atoms with Gasteiger partial charge in [-0.1, -0.05) is 18.2 Å². The van der Waals surface area contributed by atoms with Crippen LogP contribution >= 0.6 is 0 Å². The second kappa shape index (κ2) is 6.86. The number of allylic oxidation sites excluding steroid dienone is 1. The summed E-state index contributed by atoms with van der Waals surface area (Å²) in [5.74, 6) is 0.205. The standard InChI is InChI=1S/C19H25N3O3/c1-19(2,3)25-18(24)22-12-14-7-4-8-15(14)16(22)17(23)21-11-13-6-5-9-20-10-13/h4-6,8-10,14-16H,7,11-12H2,1-3H3,(H,21,23)/t14?,15?,16-/m0/s1. The van der Waals surface area contributed by atoms with Crippen LogP contribution in [0.15, 0.2) is 36.7 Å². The highest BCUT2D eigenvalue weighted by molar-refractivity contribution is 5.87. The number of pyridine rings is 1. The van der Waals surface area contributed by atoms with E-state index in [1.165, 1.54) is 0 Å². The highest BCUT2D eigenvalue weighted by atomic mass is 16.6. The Hall–Kier alpha value is -2.37. The lowest BCUT2D eigenvalue weighted by molar-refractivity contribution is -0.126. The molecule has 1 aromatic rings. The molecule has 2 aliphatic rings. The average Bonchev–Trinajstić information content (AvgIpc) is 3.12. The van der Waals surface area contributed by atoms with Crippen LogP contribution in [-0.4, -0.2) is 40.1 Å². The number of ether oxygens (including phenoxy) is 1. The van der Waals surface area contributed by atoms with Gasteiger partial charge in [0.15, 0.2) is 0 Å². The van der Waals surface area contributed by atoms with Gasteiger partial charge in [-0.05, 0) is 44.7 Å². The second-order valence-corrected chi connectivity index (χ2v) is 7.66. The predicted octanol–water partition coefficient (Wildman–Crippen LogP) is 2.51. The molecule has 1 saturated heterocycles. The number of carbonyl (C=O) groups excluding carboxylic acids is 2. The predicted molar refractivity (Wildman–Crippen MR) is 93.5 cm³/mol. The lowest BCUT2D eigenvalue weighted by atomic mass is 9.93. The van der Waals surface area contributed by atoms with E-state index in [4.69, 9.17) is 4.74 Å². The van der Waals surface area contributed by atoms with Gasteiger partial charge in [-0.25, -0.2) is 4.79 Å². The van der Waals surface area contributed by atoms with E-state index in [0.717, 1.165) is 12.0 Å². The fraction of sp³-hybridized carbons (Fsp3) is 0.526. The summed E-state index contributed by atoms with van der Waals surface area (Å²) in [5, 5.41) is 2.94. The maximum absolute atomic E-state index is 12.8. The van der Waals surface area contributed by atoms with Crippen molar-refractivity contribution in [1.29, 1.82) is 0 Å². The van der Waals surface area contributed by atoms with Gasteiger partial charge in [-0.2, -0.15) is 0 Å². The first-order chi connectivity index (χ1) is 11.8. The molecule has 1 aliphatic heterocycles. The number of nitrogens with one attached hydrogen (secondary N) is 1. The molecular weight excluding hydrogens is 318 g/mol. The van der Waals surface area contributed by atoms with Crippen molar-refractivity contribution >= 4 is 12.0 Å². The number of hydrogen-bond acceptors (Lipinski definition) is 4. The summed E-state index contributed by atoms with van der Waals surface area (Å²) < 4.78 is 5.50. The minimum atomic E-state index is -0.582. The number of hydrogen-bond donors (Lipinski definition) is 1. The monoisotopic (exact) mass is 343 g/mol. The van der Waals surface area contributed by atoms with Crippen LogP contribution in [-0.2, 0) is 16.1 Å². The molecule has 0 radical (unpaired) electrons. The fourth-order valence-electron chi connectivity index (χ4n) is 3.48. The van der Waals surface area contributed by atoms with E-state index >= 15 is 0 Å². The van der Waals surface area contributed by atoms with E-state index in [9.17, 15) is 9.59 Å². The summed E-state index contributed by atoms with van der Waals surface area (Å²) >= 11 is 0. The molecule has 1 fully saturated rings. The number of aromatic nitrogens is 1. The molecule has 0 spiro atoms. The third-order valence-electron chi connectivity index (χ3n) is 4.56. The van der Waals surface area contributed by atoms with Gasteiger partial charge in [-0.3, -0.25) is 14.7 Å². The van der Waals surface area contributed by atoms with Gasteiger partial charge in [0.05, 0.1) is 0 Å². The Labute approximate surface area is 148 Å². The van der Waals surface area contributed by atoms with Crippen LogP contribution in [0.3, 0.4) is 0 Å². The van der Waals surface area contributed by atoms with Crippen molar-refractivity contribution < 1.29 is 14.3 Å². The van der Waals surface area contributed by atoms with Gasteiger partial charge in [0, 0.05) is 31.4 Å². The van der Waals surface area contributed by atoms with Crippen molar-refractivity contribution in [3.8, 4) is 0 Å². The quantitative estimate of drug-likeness (QED) is 0.856. The lowest BCUT2D eigenvalue weighted by Crippen LogP contribution is -2.49. The van der Waals surface area contributed by atoms with Crippen molar-refractivity contribution in [2.75, 3.05) is 6.54 Å². The molecule has 3 rings (SSSR count). The molecule has 2 unspecified atom stereocenters. The van der Waals surface area contributed by atoms with Crippen LogP contribution in [0.5, 0.6) is 0 Å². The van der Waals surface area contributed by atoms with Gasteiger partial charge >= 0.3 is 6.09 Å². The molecule has 2 heterocycles. The first-order valence-corrected chi connectivity index (χ1v) is 8.68. The zero-order valence-electron chi connectivity index (χ0n) is 14.9. The van der Waals surface area contributed by atoms with Crippen molar-refractivity contribution in [3.63, 3.8) is 0 Å². The molecule has 0 bridgehead atoms. The number of nitrogens with zero attached hydrogens (tertiary/aromatic N) is 2. The number of amides is 2. The number of carbonyl (C=O) groups is 2. The first kappa shape index (κ1) is 17.5. The lowest BCUT2D eigenvalue weighted by Gasteiger charge is -2.29. The Balaban J connectivity index is 1.71. The third-order valence-corrected chi connectivity index (χ3v) is 4.56. The molecule has 1 aromatic heterocycles. The smallest absolute Gasteiger partial charge is 0.411 e. The summed E-state index contributed by atoms with van der Waals surface area (Å²) in [6, 6.07) is 3.22. The van der Waals surface area contributed by atoms with Crippen molar-refractivity contribution in [3.05, 3.63) is 42.2 Å². The van der Waals surface area contributed by atoms with Gasteiger partial charge in [0.1, 0.15) is 11.6 Å². The summed E-state index contributed by atoms with van der Waals surface area (Å²) in [6.07, 6.45) is 8.05. The summed E-state index contributed by atoms with van der Waals surface area (Å²) in [6.45, 7) is 6.45. The molecule has 25 heavy (non-hydrogen) atoms. The van der Waals surface area contributed by atoms with Crippen LogP contribution < -0.4 is 5.32 Å². The molecule has 134 valence electrons. The third kappa shape index (κ3) is 4.00. The summed E-state index contributed by atoms with van der Waals surface area (Å²) in [5.41, 5.74) is 0.345. The molecule has 1 N–H and O–H groups in total. The van der Waals surface area contributed by atoms with Gasteiger partial charge in [0.25, 0.3) is 0 Å². The molecule has 6 nitrogen and oxygen atoms in total. The Morgan fingerprint density at radius 2 is 2.20 bits per heavy atom. The highest BCUT2D eigenvalue weighted by Crippen LogP contribution is 2.38. The van der Waals surface area contributed by atoms with E-state index in [-0.39, 0.29) is 11.8 Å². The molecule has 6 heteroatoms. The van der Waals surface area contributed by atoms with E-state index < -0.39 is 17.7 Å². The van der Waals surface area contributed by atoms with Gasteiger partial charge < -0.3 is 10.1 Å². The van der Waals surface area contributed by atoms with Crippen LogP contribution in [0.4, 0.5) is 4.79 Å². The van der Waals surface area contributed by atoms with Crippen LogP contribution in [0, 0.1) is 11.8 Å². The molecule has 0 saturated carbocycles. The Morgan fingerprint density at radius 1 is 1.40 bits per heavy atom. The van der Waals surface area contributed by atoms with Gasteiger partial charge in [-0.15, -0.1) is 0 Å². The van der Waals surface area contributed by atoms with E-state index in [2.05, 4.69) is 22.5 Å². The van der Waals surface area contributed by atoms with Crippen LogP contribution in [0.2, 0.25) is 0 Å².